The number of halogens is 1. The molecule has 0 fully saturated rings. The normalized spacial score (nSPS) is 11.0. The fraction of sp³-hybridized carbons (Fsp3) is 0.263. The van der Waals surface area contributed by atoms with Crippen LogP contribution in [0, 0.1) is 5.82 Å². The van der Waals surface area contributed by atoms with Gasteiger partial charge in [0.2, 0.25) is 11.8 Å². The molecule has 0 aliphatic heterocycles. The summed E-state index contributed by atoms with van der Waals surface area (Å²) in [5.74, 6) is -3.37. The number of anilines is 1. The highest BCUT2D eigenvalue weighted by Gasteiger charge is 2.24. The zero-order valence-corrected chi connectivity index (χ0v) is 15.7. The van der Waals surface area contributed by atoms with Gasteiger partial charge < -0.3 is 10.2 Å². The third-order valence-electron chi connectivity index (χ3n) is 3.77. The Morgan fingerprint density at radius 1 is 1.00 bits per heavy atom. The molecule has 144 valence electrons. The molecule has 0 aromatic heterocycles. The minimum atomic E-state index is -3.93. The van der Waals surface area contributed by atoms with E-state index >= 15 is 0 Å². The van der Waals surface area contributed by atoms with Crippen LogP contribution in [-0.2, 0) is 26.0 Å². The van der Waals surface area contributed by atoms with Crippen molar-refractivity contribution in [3.05, 3.63) is 66.0 Å². The van der Waals surface area contributed by atoms with Gasteiger partial charge in [-0.25, -0.2) is 12.8 Å². The number of nitrogens with zero attached hydrogens (tertiary/aromatic N) is 1. The number of sulfone groups is 1. The lowest BCUT2D eigenvalue weighted by atomic mass is 10.2. The molecule has 0 aliphatic carbocycles. The van der Waals surface area contributed by atoms with Crippen LogP contribution in [0.15, 0.2) is 54.6 Å². The topological polar surface area (TPSA) is 83.6 Å². The minimum absolute atomic E-state index is 0.280. The van der Waals surface area contributed by atoms with E-state index < -0.39 is 39.0 Å². The second-order valence-corrected chi connectivity index (χ2v) is 8.05. The fourth-order valence-electron chi connectivity index (χ4n) is 2.44. The Bertz CT molecular complexity index is 884. The van der Waals surface area contributed by atoms with E-state index in [1.807, 2.05) is 30.3 Å². The van der Waals surface area contributed by atoms with Crippen molar-refractivity contribution in [1.29, 1.82) is 0 Å². The van der Waals surface area contributed by atoms with Crippen molar-refractivity contribution in [2.24, 2.45) is 0 Å². The Labute approximate surface area is 157 Å². The van der Waals surface area contributed by atoms with Crippen molar-refractivity contribution in [1.82, 2.24) is 4.90 Å². The Morgan fingerprint density at radius 3 is 2.22 bits per heavy atom. The summed E-state index contributed by atoms with van der Waals surface area (Å²) in [6.07, 6.45) is 0. The molecule has 6 nitrogen and oxygen atoms in total. The molecule has 2 amide bonds. The minimum Gasteiger partial charge on any atom is -0.338 e. The van der Waals surface area contributed by atoms with Crippen molar-refractivity contribution < 1.29 is 22.4 Å². The molecule has 2 rings (SSSR count). The second kappa shape index (κ2) is 9.27. The molecular formula is C19H21FN2O4S. The summed E-state index contributed by atoms with van der Waals surface area (Å²) < 4.78 is 37.3. The summed E-state index contributed by atoms with van der Waals surface area (Å²) in [5.41, 5.74) is 1.17. The van der Waals surface area contributed by atoms with Crippen LogP contribution in [-0.4, -0.2) is 43.2 Å². The maximum Gasteiger partial charge on any atom is 0.239 e. The molecule has 2 aromatic carbocycles. The third kappa shape index (κ3) is 6.82. The molecule has 0 radical (unpaired) electrons. The van der Waals surface area contributed by atoms with Crippen molar-refractivity contribution in [3.63, 3.8) is 0 Å². The quantitative estimate of drug-likeness (QED) is 0.747. The number of carbonyl (C=O) groups excluding carboxylic acids is 2. The molecule has 27 heavy (non-hydrogen) atoms. The monoisotopic (exact) mass is 392 g/mol. The largest absolute Gasteiger partial charge is 0.338 e. The second-order valence-electron chi connectivity index (χ2n) is 5.98. The number of hydrogen-bond acceptors (Lipinski definition) is 4. The SMILES string of the molecule is CCN(Cc1ccccc1)C(=O)CS(=O)(=O)CC(=O)Nc1ccc(F)cc1. The van der Waals surface area contributed by atoms with E-state index in [1.54, 1.807) is 6.92 Å². The van der Waals surface area contributed by atoms with Gasteiger partial charge in [0.1, 0.15) is 17.3 Å². The number of carbonyl (C=O) groups is 2. The van der Waals surface area contributed by atoms with Gasteiger partial charge in [0.15, 0.2) is 9.84 Å². The summed E-state index contributed by atoms with van der Waals surface area (Å²) in [7, 11) is -3.93. The van der Waals surface area contributed by atoms with Crippen LogP contribution in [0.3, 0.4) is 0 Å². The van der Waals surface area contributed by atoms with Gasteiger partial charge >= 0.3 is 0 Å². The first kappa shape index (κ1) is 20.6. The van der Waals surface area contributed by atoms with Crippen LogP contribution >= 0.6 is 0 Å². The first-order valence-electron chi connectivity index (χ1n) is 8.36. The van der Waals surface area contributed by atoms with Gasteiger partial charge in [0, 0.05) is 18.8 Å². The van der Waals surface area contributed by atoms with Crippen LogP contribution in [0.5, 0.6) is 0 Å². The van der Waals surface area contributed by atoms with Gasteiger partial charge in [-0.05, 0) is 36.8 Å². The Morgan fingerprint density at radius 2 is 1.63 bits per heavy atom. The van der Waals surface area contributed by atoms with E-state index in [-0.39, 0.29) is 5.69 Å². The fourth-order valence-corrected chi connectivity index (χ4v) is 3.57. The predicted molar refractivity (Wildman–Crippen MR) is 101 cm³/mol. The van der Waals surface area contributed by atoms with Crippen molar-refractivity contribution in [2.45, 2.75) is 13.5 Å². The smallest absolute Gasteiger partial charge is 0.239 e. The van der Waals surface area contributed by atoms with Gasteiger partial charge in [0.05, 0.1) is 0 Å². The summed E-state index contributed by atoms with van der Waals surface area (Å²) in [6.45, 7) is 2.41. The average molecular weight is 392 g/mol. The standard InChI is InChI=1S/C19H21FN2O4S/c1-2-22(12-15-6-4-3-5-7-15)19(24)14-27(25,26)13-18(23)21-17-10-8-16(20)9-11-17/h3-11H,2,12-14H2,1H3,(H,21,23). The molecule has 0 unspecified atom stereocenters. The molecular weight excluding hydrogens is 371 g/mol. The average Bonchev–Trinajstić information content (AvgIpc) is 2.61. The molecule has 0 bridgehead atoms. The highest BCUT2D eigenvalue weighted by Crippen LogP contribution is 2.09. The molecule has 8 heteroatoms. The van der Waals surface area contributed by atoms with Crippen molar-refractivity contribution >= 4 is 27.3 Å². The molecule has 1 N–H and O–H groups in total. The van der Waals surface area contributed by atoms with Crippen LogP contribution in [0.25, 0.3) is 0 Å². The number of rotatable bonds is 8. The van der Waals surface area contributed by atoms with Crippen LogP contribution in [0.2, 0.25) is 0 Å². The van der Waals surface area contributed by atoms with Crippen LogP contribution in [0.4, 0.5) is 10.1 Å². The highest BCUT2D eigenvalue weighted by atomic mass is 32.2. The third-order valence-corrected chi connectivity index (χ3v) is 5.16. The van der Waals surface area contributed by atoms with Crippen LogP contribution in [0.1, 0.15) is 12.5 Å². The first-order valence-corrected chi connectivity index (χ1v) is 10.2. The lowest BCUT2D eigenvalue weighted by molar-refractivity contribution is -0.128. The predicted octanol–water partition coefficient (Wildman–Crippen LogP) is 2.23. The molecule has 0 atom stereocenters. The molecule has 0 saturated heterocycles. The van der Waals surface area contributed by atoms with E-state index in [0.29, 0.717) is 13.1 Å². The summed E-state index contributed by atoms with van der Waals surface area (Å²) in [4.78, 5) is 25.7. The van der Waals surface area contributed by atoms with E-state index in [4.69, 9.17) is 0 Å². The van der Waals surface area contributed by atoms with Gasteiger partial charge in [-0.3, -0.25) is 9.59 Å². The van der Waals surface area contributed by atoms with E-state index in [0.717, 1.165) is 17.7 Å². The van der Waals surface area contributed by atoms with Crippen molar-refractivity contribution in [2.75, 3.05) is 23.4 Å². The molecule has 0 saturated carbocycles. The zero-order chi connectivity index (χ0) is 19.9. The Balaban J connectivity index is 1.93. The number of amides is 2. The van der Waals surface area contributed by atoms with Gasteiger partial charge in [-0.2, -0.15) is 0 Å². The number of benzene rings is 2. The maximum atomic E-state index is 12.9. The first-order chi connectivity index (χ1) is 12.8. The Hall–Kier alpha value is -2.74. The summed E-state index contributed by atoms with van der Waals surface area (Å²) >= 11 is 0. The van der Waals surface area contributed by atoms with Gasteiger partial charge in [-0.15, -0.1) is 0 Å². The highest BCUT2D eigenvalue weighted by molar-refractivity contribution is 7.92. The zero-order valence-electron chi connectivity index (χ0n) is 14.9. The summed E-state index contributed by atoms with van der Waals surface area (Å²) in [5, 5.41) is 2.37. The molecule has 0 heterocycles. The maximum absolute atomic E-state index is 12.9. The van der Waals surface area contributed by atoms with Gasteiger partial charge in [-0.1, -0.05) is 30.3 Å². The lowest BCUT2D eigenvalue weighted by Crippen LogP contribution is -2.37. The van der Waals surface area contributed by atoms with E-state index in [2.05, 4.69) is 5.32 Å². The van der Waals surface area contributed by atoms with Crippen LogP contribution < -0.4 is 5.32 Å². The number of hydrogen-bond donors (Lipinski definition) is 1. The molecule has 0 aliphatic rings. The summed E-state index contributed by atoms with van der Waals surface area (Å²) in [6, 6.07) is 14.2. The molecule has 2 aromatic rings. The molecule has 0 spiro atoms. The van der Waals surface area contributed by atoms with E-state index in [1.165, 1.54) is 17.0 Å². The van der Waals surface area contributed by atoms with Crippen molar-refractivity contribution in [3.8, 4) is 0 Å². The Kier molecular flexibility index (Phi) is 7.06. The number of nitrogens with one attached hydrogen (secondary N) is 1. The van der Waals surface area contributed by atoms with E-state index in [9.17, 15) is 22.4 Å². The lowest BCUT2D eigenvalue weighted by Gasteiger charge is -2.21. The van der Waals surface area contributed by atoms with Gasteiger partial charge in [0.25, 0.3) is 0 Å².